The Morgan fingerprint density at radius 2 is 1.67 bits per heavy atom. The molecule has 0 radical (unpaired) electrons. The van der Waals surface area contributed by atoms with Gasteiger partial charge >= 0.3 is 0 Å². The van der Waals surface area contributed by atoms with Gasteiger partial charge in [0.1, 0.15) is 5.75 Å². The van der Waals surface area contributed by atoms with Gasteiger partial charge in [-0.3, -0.25) is 0 Å². The highest BCUT2D eigenvalue weighted by atomic mass is 32.2. The number of ether oxygens (including phenoxy) is 1. The Morgan fingerprint density at radius 3 is 2.08 bits per heavy atom. The summed E-state index contributed by atoms with van der Waals surface area (Å²) in [5.74, 6) is 0.910. The first-order valence-corrected chi connectivity index (χ1v) is 9.89. The van der Waals surface area contributed by atoms with E-state index in [1.165, 1.54) is 0 Å². The van der Waals surface area contributed by atoms with Crippen LogP contribution < -0.4 is 9.46 Å². The maximum Gasteiger partial charge on any atom is 0.241 e. The van der Waals surface area contributed by atoms with Gasteiger partial charge in [0.05, 0.1) is 12.0 Å². The molecular formula is C19H33NO3S. The average Bonchev–Trinajstić information content (AvgIpc) is 2.32. The van der Waals surface area contributed by atoms with Gasteiger partial charge in [0, 0.05) is 5.54 Å². The van der Waals surface area contributed by atoms with Crippen molar-refractivity contribution in [3.8, 4) is 5.75 Å². The minimum atomic E-state index is -3.61. The summed E-state index contributed by atoms with van der Waals surface area (Å²) in [6, 6.07) is 3.55. The summed E-state index contributed by atoms with van der Waals surface area (Å²) in [5.41, 5.74) is 1.10. The minimum Gasteiger partial charge on any atom is -0.496 e. The quantitative estimate of drug-likeness (QED) is 0.810. The van der Waals surface area contributed by atoms with E-state index in [2.05, 4.69) is 25.5 Å². The Balaban J connectivity index is 3.31. The summed E-state index contributed by atoms with van der Waals surface area (Å²) >= 11 is 0. The molecule has 0 aliphatic carbocycles. The van der Waals surface area contributed by atoms with Crippen LogP contribution in [0.2, 0.25) is 0 Å². The van der Waals surface area contributed by atoms with Crippen LogP contribution in [0.3, 0.4) is 0 Å². The van der Waals surface area contributed by atoms with Gasteiger partial charge in [0.15, 0.2) is 0 Å². The monoisotopic (exact) mass is 355 g/mol. The third-order valence-corrected chi connectivity index (χ3v) is 5.66. The van der Waals surface area contributed by atoms with E-state index in [1.54, 1.807) is 26.2 Å². The second-order valence-electron chi connectivity index (χ2n) is 8.74. The zero-order chi connectivity index (χ0) is 18.9. The number of benzene rings is 1. The van der Waals surface area contributed by atoms with E-state index in [0.29, 0.717) is 10.5 Å². The van der Waals surface area contributed by atoms with E-state index < -0.39 is 15.6 Å². The average molecular weight is 356 g/mol. The first kappa shape index (κ1) is 21.0. The molecular weight excluding hydrogens is 322 g/mol. The van der Waals surface area contributed by atoms with Crippen LogP contribution in [-0.4, -0.2) is 21.1 Å². The number of hydrogen-bond acceptors (Lipinski definition) is 3. The van der Waals surface area contributed by atoms with Crippen molar-refractivity contribution in [2.24, 2.45) is 5.41 Å². The molecule has 0 atom stereocenters. The number of aryl methyl sites for hydroxylation is 1. The highest BCUT2D eigenvalue weighted by Crippen LogP contribution is 2.33. The van der Waals surface area contributed by atoms with Crippen molar-refractivity contribution in [3.05, 3.63) is 23.3 Å². The van der Waals surface area contributed by atoms with Crippen molar-refractivity contribution in [1.82, 2.24) is 4.72 Å². The van der Waals surface area contributed by atoms with E-state index in [4.69, 9.17) is 4.74 Å². The summed E-state index contributed by atoms with van der Waals surface area (Å²) in [4.78, 5) is 0.328. The van der Waals surface area contributed by atoms with Gasteiger partial charge in [-0.15, -0.1) is 0 Å². The Hall–Kier alpha value is -1.07. The lowest BCUT2D eigenvalue weighted by Crippen LogP contribution is -2.45. The van der Waals surface area contributed by atoms with Crippen LogP contribution in [0.4, 0.5) is 0 Å². The van der Waals surface area contributed by atoms with E-state index in [0.717, 1.165) is 17.7 Å². The second kappa shape index (κ2) is 7.04. The van der Waals surface area contributed by atoms with Crippen molar-refractivity contribution >= 4 is 10.0 Å². The molecule has 0 fully saturated rings. The van der Waals surface area contributed by atoms with Gasteiger partial charge in [0.2, 0.25) is 10.0 Å². The molecule has 0 aromatic heterocycles. The zero-order valence-electron chi connectivity index (χ0n) is 16.6. The van der Waals surface area contributed by atoms with Gasteiger partial charge in [-0.2, -0.15) is 0 Å². The molecule has 138 valence electrons. The van der Waals surface area contributed by atoms with E-state index in [-0.39, 0.29) is 11.3 Å². The Kier molecular flexibility index (Phi) is 6.16. The molecule has 5 heteroatoms. The first-order valence-electron chi connectivity index (χ1n) is 8.41. The molecule has 0 saturated carbocycles. The van der Waals surface area contributed by atoms with Crippen molar-refractivity contribution in [2.75, 3.05) is 7.11 Å². The largest absolute Gasteiger partial charge is 0.496 e. The summed E-state index contributed by atoms with van der Waals surface area (Å²) in [6.45, 7) is 16.0. The molecule has 1 aromatic carbocycles. The van der Waals surface area contributed by atoms with E-state index in [1.807, 2.05) is 27.7 Å². The number of sulfonamides is 1. The molecule has 4 nitrogen and oxygen atoms in total. The minimum absolute atomic E-state index is 0.0318. The molecule has 1 rings (SSSR count). The standard InChI is InChI=1S/C19H33NO3S/c1-13(2)15-11-17(14(3)10-16(15)23-9)24(21,22)20-19(7,8)12-18(4,5)6/h10-11,13,20H,12H2,1-9H3. The highest BCUT2D eigenvalue weighted by molar-refractivity contribution is 7.89. The maximum atomic E-state index is 13.0. The summed E-state index contributed by atoms with van der Waals surface area (Å²) in [5, 5.41) is 0. The molecule has 0 aliphatic heterocycles. The van der Waals surface area contributed by atoms with Gasteiger partial charge in [0.25, 0.3) is 0 Å². The summed E-state index contributed by atoms with van der Waals surface area (Å²) < 4.78 is 34.2. The number of rotatable bonds is 6. The lowest BCUT2D eigenvalue weighted by molar-refractivity contribution is 0.269. The smallest absolute Gasteiger partial charge is 0.241 e. The molecule has 0 heterocycles. The van der Waals surface area contributed by atoms with Gasteiger partial charge in [-0.25, -0.2) is 13.1 Å². The predicted molar refractivity (Wildman–Crippen MR) is 100 cm³/mol. The number of methoxy groups -OCH3 is 1. The Bertz CT molecular complexity index is 683. The van der Waals surface area contributed by atoms with Crippen LogP contribution in [-0.2, 0) is 10.0 Å². The summed E-state index contributed by atoms with van der Waals surface area (Å²) in [6.07, 6.45) is 0.742. The highest BCUT2D eigenvalue weighted by Gasteiger charge is 2.31. The van der Waals surface area contributed by atoms with Crippen LogP contribution in [0.1, 0.15) is 71.9 Å². The lowest BCUT2D eigenvalue weighted by atomic mass is 9.82. The van der Waals surface area contributed by atoms with Gasteiger partial charge in [-0.1, -0.05) is 34.6 Å². The van der Waals surface area contributed by atoms with Crippen LogP contribution in [0.25, 0.3) is 0 Å². The topological polar surface area (TPSA) is 55.4 Å². The molecule has 1 aromatic rings. The number of nitrogens with one attached hydrogen (secondary N) is 1. The van der Waals surface area contributed by atoms with Gasteiger partial charge < -0.3 is 4.74 Å². The fourth-order valence-electron chi connectivity index (χ4n) is 3.38. The Labute approximate surface area is 148 Å². The van der Waals surface area contributed by atoms with Crippen molar-refractivity contribution in [1.29, 1.82) is 0 Å². The molecule has 0 unspecified atom stereocenters. The molecule has 0 aliphatic rings. The van der Waals surface area contributed by atoms with Crippen molar-refractivity contribution in [3.63, 3.8) is 0 Å². The second-order valence-corrected chi connectivity index (χ2v) is 10.4. The Morgan fingerprint density at radius 1 is 1.12 bits per heavy atom. The SMILES string of the molecule is COc1cc(C)c(S(=O)(=O)NC(C)(C)CC(C)(C)C)cc1C(C)C. The third kappa shape index (κ3) is 5.49. The van der Waals surface area contributed by atoms with Gasteiger partial charge in [-0.05, 0) is 61.8 Å². The normalized spacial score (nSPS) is 13.4. The van der Waals surface area contributed by atoms with Crippen LogP contribution >= 0.6 is 0 Å². The molecule has 0 spiro atoms. The fourth-order valence-corrected chi connectivity index (χ4v) is 5.05. The van der Waals surface area contributed by atoms with Crippen molar-refractivity contribution < 1.29 is 13.2 Å². The molecule has 24 heavy (non-hydrogen) atoms. The molecule has 0 bridgehead atoms. The lowest BCUT2D eigenvalue weighted by Gasteiger charge is -2.33. The fraction of sp³-hybridized carbons (Fsp3) is 0.684. The van der Waals surface area contributed by atoms with E-state index >= 15 is 0 Å². The molecule has 1 N–H and O–H groups in total. The third-order valence-electron chi connectivity index (χ3n) is 3.82. The zero-order valence-corrected chi connectivity index (χ0v) is 17.4. The predicted octanol–water partition coefficient (Wildman–Crippen LogP) is 4.62. The number of hydrogen-bond donors (Lipinski definition) is 1. The molecule has 0 saturated heterocycles. The first-order chi connectivity index (χ1) is 10.7. The van der Waals surface area contributed by atoms with Crippen molar-refractivity contribution in [2.45, 2.75) is 78.2 Å². The van der Waals surface area contributed by atoms with E-state index in [9.17, 15) is 8.42 Å². The van der Waals surface area contributed by atoms with Crippen LogP contribution in [0.15, 0.2) is 17.0 Å². The van der Waals surface area contributed by atoms with Crippen LogP contribution in [0.5, 0.6) is 5.75 Å². The summed E-state index contributed by atoms with van der Waals surface area (Å²) in [7, 11) is -2.00. The molecule has 0 amide bonds. The maximum absolute atomic E-state index is 13.0. The van der Waals surface area contributed by atoms with Crippen LogP contribution in [0, 0.1) is 12.3 Å².